The molecule has 7 aromatic rings. The van der Waals surface area contributed by atoms with Crippen LogP contribution in [0.5, 0.6) is 23.0 Å². The molecule has 0 saturated carbocycles. The summed E-state index contributed by atoms with van der Waals surface area (Å²) >= 11 is 0. The predicted octanol–water partition coefficient (Wildman–Crippen LogP) is 12.5. The van der Waals surface area contributed by atoms with Crippen molar-refractivity contribution in [2.45, 2.75) is 13.3 Å². The molecule has 2 aliphatic heterocycles. The molecule has 2 heterocycles. The van der Waals surface area contributed by atoms with Gasteiger partial charge in [-0.2, -0.15) is 10.5 Å². The summed E-state index contributed by atoms with van der Waals surface area (Å²) in [5.41, 5.74) is 11.5. The standard InChI is InChI=1S/C46H30N4O2/c1-2-34-45(32-15-11-13-30(25-32)28-47)39(49-35-17-3-7-21-41(35)51-42-22-8-4-18-36(42)49)27-40(46(34)33-16-12-14-31(26-33)29-48)50-37-19-5-9-23-43(37)52-44-24-10-6-20-38(44)50/h3-27H,2H2,1H3. The maximum atomic E-state index is 10.1. The molecular formula is C46H30N4O2. The lowest BCUT2D eigenvalue weighted by atomic mass is 9.85. The van der Waals surface area contributed by atoms with Crippen molar-refractivity contribution in [2.24, 2.45) is 0 Å². The molecule has 0 atom stereocenters. The van der Waals surface area contributed by atoms with Gasteiger partial charge in [-0.25, -0.2) is 0 Å². The summed E-state index contributed by atoms with van der Waals surface area (Å²) in [6, 6.07) is 54.9. The molecule has 0 fully saturated rings. The number of nitriles is 2. The van der Waals surface area contributed by atoms with Crippen LogP contribution in [-0.2, 0) is 6.42 Å². The Bertz CT molecular complexity index is 2360. The Hall–Kier alpha value is -7.28. The fourth-order valence-electron chi connectivity index (χ4n) is 7.48. The summed E-state index contributed by atoms with van der Waals surface area (Å²) in [4.78, 5) is 4.55. The van der Waals surface area contributed by atoms with E-state index in [0.29, 0.717) is 17.5 Å². The van der Waals surface area contributed by atoms with E-state index in [0.717, 1.165) is 84.9 Å². The van der Waals surface area contributed by atoms with E-state index in [1.807, 2.05) is 109 Å². The maximum Gasteiger partial charge on any atom is 0.151 e. The highest BCUT2D eigenvalue weighted by Gasteiger charge is 2.34. The van der Waals surface area contributed by atoms with Gasteiger partial charge < -0.3 is 19.3 Å². The van der Waals surface area contributed by atoms with E-state index in [9.17, 15) is 10.5 Å². The van der Waals surface area contributed by atoms with Crippen molar-refractivity contribution in [3.8, 4) is 57.4 Å². The molecule has 9 rings (SSSR count). The number of anilines is 6. The molecule has 246 valence electrons. The molecule has 2 aliphatic rings. The predicted molar refractivity (Wildman–Crippen MR) is 206 cm³/mol. The lowest BCUT2D eigenvalue weighted by molar-refractivity contribution is 0.477. The van der Waals surface area contributed by atoms with Crippen LogP contribution in [0.15, 0.2) is 152 Å². The number of hydrogen-bond donors (Lipinski definition) is 0. The molecule has 0 aliphatic carbocycles. The second-order valence-electron chi connectivity index (χ2n) is 12.6. The summed E-state index contributed by atoms with van der Waals surface area (Å²) < 4.78 is 13.0. The van der Waals surface area contributed by atoms with Gasteiger partial charge in [0, 0.05) is 11.1 Å². The quantitative estimate of drug-likeness (QED) is 0.181. The Morgan fingerprint density at radius 2 is 0.808 bits per heavy atom. The highest BCUT2D eigenvalue weighted by Crippen LogP contribution is 2.58. The van der Waals surface area contributed by atoms with Gasteiger partial charge in [0.05, 0.1) is 57.4 Å². The SMILES string of the molecule is CCc1c(-c2cccc(C#N)c2)c(N2c3ccccc3Oc3ccccc32)cc(N2c3ccccc3Oc3ccccc32)c1-c1cccc(C#N)c1. The van der Waals surface area contributed by atoms with Crippen molar-refractivity contribution < 1.29 is 9.47 Å². The minimum Gasteiger partial charge on any atom is -0.453 e. The van der Waals surface area contributed by atoms with Crippen LogP contribution in [-0.4, -0.2) is 0 Å². The fourth-order valence-corrected chi connectivity index (χ4v) is 7.48. The molecule has 6 nitrogen and oxygen atoms in total. The van der Waals surface area contributed by atoms with Crippen molar-refractivity contribution in [1.29, 1.82) is 10.5 Å². The van der Waals surface area contributed by atoms with Crippen LogP contribution in [0.1, 0.15) is 23.6 Å². The number of rotatable bonds is 5. The van der Waals surface area contributed by atoms with Gasteiger partial charge in [-0.1, -0.05) is 79.7 Å². The summed E-state index contributed by atoms with van der Waals surface area (Å²) in [6.45, 7) is 2.17. The third-order valence-electron chi connectivity index (χ3n) is 9.65. The second-order valence-corrected chi connectivity index (χ2v) is 12.6. The van der Waals surface area contributed by atoms with Gasteiger partial charge >= 0.3 is 0 Å². The molecule has 0 unspecified atom stereocenters. The van der Waals surface area contributed by atoms with Crippen LogP contribution >= 0.6 is 0 Å². The molecule has 6 heteroatoms. The van der Waals surface area contributed by atoms with Crippen LogP contribution < -0.4 is 19.3 Å². The first-order chi connectivity index (χ1) is 25.7. The molecular weight excluding hydrogens is 641 g/mol. The first-order valence-corrected chi connectivity index (χ1v) is 17.2. The molecule has 0 bridgehead atoms. The fraction of sp³-hybridized carbons (Fsp3) is 0.0435. The molecule has 0 N–H and O–H groups in total. The number of nitrogens with zero attached hydrogens (tertiary/aromatic N) is 4. The number of benzene rings is 7. The molecule has 0 saturated heterocycles. The van der Waals surface area contributed by atoms with Crippen molar-refractivity contribution >= 4 is 34.1 Å². The van der Waals surface area contributed by atoms with Gasteiger partial charge in [0.1, 0.15) is 0 Å². The Labute approximate surface area is 302 Å². The molecule has 0 spiro atoms. The van der Waals surface area contributed by atoms with E-state index in [-0.39, 0.29) is 0 Å². The van der Waals surface area contributed by atoms with E-state index in [4.69, 9.17) is 9.47 Å². The summed E-state index contributed by atoms with van der Waals surface area (Å²) in [7, 11) is 0. The Balaban J connectivity index is 1.47. The monoisotopic (exact) mass is 670 g/mol. The van der Waals surface area contributed by atoms with Crippen molar-refractivity contribution in [1.82, 2.24) is 0 Å². The number of fused-ring (bicyclic) bond motifs is 4. The average Bonchev–Trinajstić information content (AvgIpc) is 3.21. The van der Waals surface area contributed by atoms with Crippen LogP contribution in [0.2, 0.25) is 0 Å². The molecule has 0 amide bonds. The maximum absolute atomic E-state index is 10.1. The lowest BCUT2D eigenvalue weighted by Gasteiger charge is -2.38. The minimum absolute atomic E-state index is 0.571. The summed E-state index contributed by atoms with van der Waals surface area (Å²) in [5.74, 6) is 2.96. The topological polar surface area (TPSA) is 72.5 Å². The second kappa shape index (κ2) is 12.6. The number of ether oxygens (including phenoxy) is 2. The zero-order valence-corrected chi connectivity index (χ0v) is 28.2. The van der Waals surface area contributed by atoms with Crippen LogP contribution in [0.4, 0.5) is 34.1 Å². The molecule has 0 radical (unpaired) electrons. The first kappa shape index (κ1) is 30.8. The largest absolute Gasteiger partial charge is 0.453 e. The van der Waals surface area contributed by atoms with Gasteiger partial charge in [-0.15, -0.1) is 0 Å². The van der Waals surface area contributed by atoms with Crippen LogP contribution in [0, 0.1) is 22.7 Å². The van der Waals surface area contributed by atoms with Gasteiger partial charge in [0.15, 0.2) is 23.0 Å². The van der Waals surface area contributed by atoms with Gasteiger partial charge in [0.2, 0.25) is 0 Å². The summed E-state index contributed by atoms with van der Waals surface area (Å²) in [6.07, 6.45) is 0.653. The number of para-hydroxylation sites is 8. The normalized spacial score (nSPS) is 12.2. The van der Waals surface area contributed by atoms with Gasteiger partial charge in [-0.05, 0) is 102 Å². The highest BCUT2D eigenvalue weighted by atomic mass is 16.5. The Kier molecular flexibility index (Phi) is 7.43. The van der Waals surface area contributed by atoms with Crippen molar-refractivity contribution in [3.63, 3.8) is 0 Å². The first-order valence-electron chi connectivity index (χ1n) is 17.2. The van der Waals surface area contributed by atoms with Crippen LogP contribution in [0.3, 0.4) is 0 Å². The highest BCUT2D eigenvalue weighted by molar-refractivity contribution is 6.04. The van der Waals surface area contributed by atoms with Crippen LogP contribution in [0.25, 0.3) is 22.3 Å². The zero-order valence-electron chi connectivity index (χ0n) is 28.2. The van der Waals surface area contributed by atoms with E-state index >= 15 is 0 Å². The lowest BCUT2D eigenvalue weighted by Crippen LogP contribution is -2.20. The van der Waals surface area contributed by atoms with Gasteiger partial charge in [-0.3, -0.25) is 0 Å². The van der Waals surface area contributed by atoms with E-state index in [1.54, 1.807) is 0 Å². The van der Waals surface area contributed by atoms with E-state index in [2.05, 4.69) is 71.3 Å². The Morgan fingerprint density at radius 3 is 1.15 bits per heavy atom. The van der Waals surface area contributed by atoms with Gasteiger partial charge in [0.25, 0.3) is 0 Å². The van der Waals surface area contributed by atoms with Crippen molar-refractivity contribution in [2.75, 3.05) is 9.80 Å². The molecule has 7 aromatic carbocycles. The molecule has 52 heavy (non-hydrogen) atoms. The third-order valence-corrected chi connectivity index (χ3v) is 9.65. The summed E-state index contributed by atoms with van der Waals surface area (Å²) in [5, 5.41) is 20.2. The van der Waals surface area contributed by atoms with E-state index < -0.39 is 0 Å². The average molecular weight is 671 g/mol. The zero-order chi connectivity index (χ0) is 35.2. The molecule has 0 aromatic heterocycles. The van der Waals surface area contributed by atoms with Crippen molar-refractivity contribution in [3.05, 3.63) is 168 Å². The third kappa shape index (κ3) is 4.94. The number of hydrogen-bond acceptors (Lipinski definition) is 6. The minimum atomic E-state index is 0.571. The Morgan fingerprint density at radius 1 is 0.442 bits per heavy atom. The van der Waals surface area contributed by atoms with E-state index in [1.165, 1.54) is 0 Å². The smallest absolute Gasteiger partial charge is 0.151 e.